The molecule has 0 atom stereocenters. The van der Waals surface area contributed by atoms with Crippen molar-refractivity contribution < 1.29 is 9.53 Å². The van der Waals surface area contributed by atoms with E-state index in [4.69, 9.17) is 4.74 Å². The molecule has 3 heteroatoms. The summed E-state index contributed by atoms with van der Waals surface area (Å²) >= 11 is 0. The Morgan fingerprint density at radius 3 is 2.25 bits per heavy atom. The van der Waals surface area contributed by atoms with E-state index in [0.29, 0.717) is 0 Å². The van der Waals surface area contributed by atoms with Crippen molar-refractivity contribution in [3.05, 3.63) is 0 Å². The van der Waals surface area contributed by atoms with Gasteiger partial charge in [-0.2, -0.15) is 0 Å². The lowest BCUT2D eigenvalue weighted by Gasteiger charge is -2.30. The maximum atomic E-state index is 11.9. The standard InChI is InChI=1S/C13H25NO2/c1-12(2,3)10-14(5)11(15)16-13(4)8-6-7-9-13/h6-10H2,1-5H3. The molecule has 0 bridgehead atoms. The molecular formula is C13H25NO2. The van der Waals surface area contributed by atoms with Crippen molar-refractivity contribution in [3.63, 3.8) is 0 Å². The highest BCUT2D eigenvalue weighted by Gasteiger charge is 2.34. The van der Waals surface area contributed by atoms with E-state index in [9.17, 15) is 4.79 Å². The van der Waals surface area contributed by atoms with Gasteiger partial charge in [0, 0.05) is 13.6 Å². The van der Waals surface area contributed by atoms with Gasteiger partial charge in [-0.25, -0.2) is 4.79 Å². The van der Waals surface area contributed by atoms with Crippen LogP contribution in [0.4, 0.5) is 4.79 Å². The van der Waals surface area contributed by atoms with Crippen LogP contribution in [-0.4, -0.2) is 30.2 Å². The molecule has 1 amide bonds. The van der Waals surface area contributed by atoms with Crippen LogP contribution in [0.3, 0.4) is 0 Å². The Balaban J connectivity index is 2.45. The molecule has 0 saturated heterocycles. The van der Waals surface area contributed by atoms with Crippen LogP contribution in [0.15, 0.2) is 0 Å². The molecular weight excluding hydrogens is 202 g/mol. The predicted octanol–water partition coefficient (Wildman–Crippen LogP) is 3.43. The summed E-state index contributed by atoms with van der Waals surface area (Å²) in [5.74, 6) is 0. The first-order valence-electron chi connectivity index (χ1n) is 6.16. The SMILES string of the molecule is CN(CC(C)(C)C)C(=O)OC1(C)CCCC1. The Morgan fingerprint density at radius 1 is 1.31 bits per heavy atom. The average Bonchev–Trinajstić information content (AvgIpc) is 2.48. The number of carbonyl (C=O) groups is 1. The summed E-state index contributed by atoms with van der Waals surface area (Å²) in [6, 6.07) is 0. The Bertz CT molecular complexity index is 249. The van der Waals surface area contributed by atoms with E-state index in [1.807, 2.05) is 14.0 Å². The van der Waals surface area contributed by atoms with Gasteiger partial charge in [0.15, 0.2) is 0 Å². The molecule has 3 nitrogen and oxygen atoms in total. The molecule has 0 aromatic heterocycles. The van der Waals surface area contributed by atoms with Crippen LogP contribution >= 0.6 is 0 Å². The van der Waals surface area contributed by atoms with Crippen LogP contribution < -0.4 is 0 Å². The Labute approximate surface area is 99.1 Å². The van der Waals surface area contributed by atoms with Crippen LogP contribution in [-0.2, 0) is 4.74 Å². The number of nitrogens with zero attached hydrogens (tertiary/aromatic N) is 1. The third-order valence-corrected chi connectivity index (χ3v) is 3.02. The van der Waals surface area contributed by atoms with Crippen molar-refractivity contribution in [1.29, 1.82) is 0 Å². The monoisotopic (exact) mass is 227 g/mol. The molecule has 94 valence electrons. The van der Waals surface area contributed by atoms with E-state index in [2.05, 4.69) is 20.8 Å². The fourth-order valence-corrected chi connectivity index (χ4v) is 2.29. The summed E-state index contributed by atoms with van der Waals surface area (Å²) < 4.78 is 5.59. The molecule has 0 heterocycles. The van der Waals surface area contributed by atoms with E-state index < -0.39 is 0 Å². The first-order chi connectivity index (χ1) is 7.22. The number of hydrogen-bond donors (Lipinski definition) is 0. The molecule has 1 fully saturated rings. The smallest absolute Gasteiger partial charge is 0.410 e. The largest absolute Gasteiger partial charge is 0.443 e. The second-order valence-electron chi connectivity index (χ2n) is 6.44. The predicted molar refractivity (Wildman–Crippen MR) is 65.4 cm³/mol. The summed E-state index contributed by atoms with van der Waals surface area (Å²) in [4.78, 5) is 13.6. The molecule has 1 rings (SSSR count). The third kappa shape index (κ3) is 4.03. The highest BCUT2D eigenvalue weighted by Crippen LogP contribution is 2.33. The van der Waals surface area contributed by atoms with E-state index in [-0.39, 0.29) is 17.1 Å². The van der Waals surface area contributed by atoms with E-state index >= 15 is 0 Å². The lowest BCUT2D eigenvalue weighted by atomic mass is 9.96. The lowest BCUT2D eigenvalue weighted by Crippen LogP contribution is -2.39. The van der Waals surface area contributed by atoms with Crippen molar-refractivity contribution in [3.8, 4) is 0 Å². The van der Waals surface area contributed by atoms with Crippen molar-refractivity contribution in [1.82, 2.24) is 4.90 Å². The Kier molecular flexibility index (Phi) is 3.87. The zero-order chi connectivity index (χ0) is 12.4. The molecule has 1 saturated carbocycles. The Morgan fingerprint density at radius 2 is 1.81 bits per heavy atom. The number of amides is 1. The van der Waals surface area contributed by atoms with Gasteiger partial charge in [0.1, 0.15) is 5.60 Å². The number of carbonyl (C=O) groups excluding carboxylic acids is 1. The van der Waals surface area contributed by atoms with Gasteiger partial charge in [0.2, 0.25) is 0 Å². The van der Waals surface area contributed by atoms with Crippen molar-refractivity contribution in [2.24, 2.45) is 5.41 Å². The first-order valence-corrected chi connectivity index (χ1v) is 6.16. The zero-order valence-electron chi connectivity index (χ0n) is 11.3. The van der Waals surface area contributed by atoms with Gasteiger partial charge in [-0.05, 0) is 38.0 Å². The quantitative estimate of drug-likeness (QED) is 0.723. The van der Waals surface area contributed by atoms with Gasteiger partial charge >= 0.3 is 6.09 Å². The highest BCUT2D eigenvalue weighted by molar-refractivity contribution is 5.67. The minimum absolute atomic E-state index is 0.115. The molecule has 0 aliphatic heterocycles. The molecule has 1 aliphatic rings. The van der Waals surface area contributed by atoms with Crippen LogP contribution in [0, 0.1) is 5.41 Å². The number of hydrogen-bond acceptors (Lipinski definition) is 2. The highest BCUT2D eigenvalue weighted by atomic mass is 16.6. The van der Waals surface area contributed by atoms with E-state index in [0.717, 1.165) is 19.4 Å². The zero-order valence-corrected chi connectivity index (χ0v) is 11.3. The fourth-order valence-electron chi connectivity index (χ4n) is 2.29. The molecule has 0 aromatic carbocycles. The summed E-state index contributed by atoms with van der Waals surface area (Å²) in [7, 11) is 1.81. The number of rotatable bonds is 2. The maximum absolute atomic E-state index is 11.9. The van der Waals surface area contributed by atoms with Gasteiger partial charge in [0.05, 0.1) is 0 Å². The molecule has 16 heavy (non-hydrogen) atoms. The van der Waals surface area contributed by atoms with Crippen molar-refractivity contribution in [2.45, 2.75) is 59.0 Å². The second kappa shape index (κ2) is 4.64. The summed E-state index contributed by atoms with van der Waals surface area (Å²) in [6.07, 6.45) is 4.17. The molecule has 1 aliphatic carbocycles. The maximum Gasteiger partial charge on any atom is 0.410 e. The first kappa shape index (κ1) is 13.3. The minimum Gasteiger partial charge on any atom is -0.443 e. The van der Waals surface area contributed by atoms with Crippen LogP contribution in [0.5, 0.6) is 0 Å². The van der Waals surface area contributed by atoms with Gasteiger partial charge in [-0.1, -0.05) is 20.8 Å². The number of ether oxygens (including phenoxy) is 1. The molecule has 0 N–H and O–H groups in total. The normalized spacial score (nSPS) is 19.6. The average molecular weight is 227 g/mol. The summed E-state index contributed by atoms with van der Waals surface area (Å²) in [5, 5.41) is 0. The topological polar surface area (TPSA) is 29.5 Å². The second-order valence-corrected chi connectivity index (χ2v) is 6.44. The summed E-state index contributed by atoms with van der Waals surface area (Å²) in [5.41, 5.74) is -0.104. The molecule has 0 aromatic rings. The van der Waals surface area contributed by atoms with Crippen LogP contribution in [0.25, 0.3) is 0 Å². The van der Waals surface area contributed by atoms with E-state index in [1.54, 1.807) is 4.90 Å². The van der Waals surface area contributed by atoms with Crippen LogP contribution in [0.2, 0.25) is 0 Å². The lowest BCUT2D eigenvalue weighted by molar-refractivity contribution is 0.00620. The van der Waals surface area contributed by atoms with E-state index in [1.165, 1.54) is 12.8 Å². The fraction of sp³-hybridized carbons (Fsp3) is 0.923. The third-order valence-electron chi connectivity index (χ3n) is 3.02. The van der Waals surface area contributed by atoms with Gasteiger partial charge in [-0.15, -0.1) is 0 Å². The van der Waals surface area contributed by atoms with Gasteiger partial charge in [-0.3, -0.25) is 0 Å². The molecule has 0 radical (unpaired) electrons. The molecule has 0 spiro atoms. The van der Waals surface area contributed by atoms with Gasteiger partial charge < -0.3 is 9.64 Å². The van der Waals surface area contributed by atoms with Crippen molar-refractivity contribution >= 4 is 6.09 Å². The Hall–Kier alpha value is -0.730. The summed E-state index contributed by atoms with van der Waals surface area (Å²) in [6.45, 7) is 9.13. The van der Waals surface area contributed by atoms with Gasteiger partial charge in [0.25, 0.3) is 0 Å². The minimum atomic E-state index is -0.219. The van der Waals surface area contributed by atoms with Crippen LogP contribution in [0.1, 0.15) is 53.4 Å². The molecule has 0 unspecified atom stereocenters. The van der Waals surface area contributed by atoms with Crippen molar-refractivity contribution in [2.75, 3.05) is 13.6 Å².